The summed E-state index contributed by atoms with van der Waals surface area (Å²) in [4.78, 5) is 4.77. The van der Waals surface area contributed by atoms with E-state index < -0.39 is 0 Å². The predicted octanol–water partition coefficient (Wildman–Crippen LogP) is 3.12. The van der Waals surface area contributed by atoms with Gasteiger partial charge in [-0.3, -0.25) is 0 Å². The summed E-state index contributed by atoms with van der Waals surface area (Å²) in [5.74, 6) is 1.82. The van der Waals surface area contributed by atoms with E-state index in [1.165, 1.54) is 18.5 Å². The summed E-state index contributed by atoms with van der Waals surface area (Å²) in [6.07, 6.45) is 3.46. The van der Waals surface area contributed by atoms with E-state index in [1.54, 1.807) is 7.11 Å². The summed E-state index contributed by atoms with van der Waals surface area (Å²) in [6, 6.07) is 6.02. The normalized spacial score (nSPS) is 14.2. The van der Waals surface area contributed by atoms with Crippen molar-refractivity contribution in [2.24, 2.45) is 5.73 Å². The molecule has 4 nitrogen and oxygen atoms in total. The first-order chi connectivity index (χ1) is 9.74. The van der Waals surface area contributed by atoms with Gasteiger partial charge in [0, 0.05) is 22.3 Å². The van der Waals surface area contributed by atoms with Crippen LogP contribution in [0.2, 0.25) is 0 Å². The molecule has 0 saturated heterocycles. The Labute approximate surface area is 127 Å². The molecule has 1 aromatic heterocycles. The lowest BCUT2D eigenvalue weighted by Crippen LogP contribution is -2.15. The van der Waals surface area contributed by atoms with Gasteiger partial charge in [0.05, 0.1) is 19.3 Å². The zero-order valence-corrected chi connectivity index (χ0v) is 13.1. The molecule has 1 aromatic carbocycles. The quantitative estimate of drug-likeness (QED) is 0.937. The van der Waals surface area contributed by atoms with Gasteiger partial charge in [0.2, 0.25) is 0 Å². The molecule has 0 radical (unpaired) electrons. The average Bonchev–Trinajstić information content (AvgIpc) is 2.86. The number of nitrogens with two attached hydrogens (primary N) is 1. The molecule has 0 spiro atoms. The van der Waals surface area contributed by atoms with Crippen LogP contribution in [0, 0.1) is 0 Å². The van der Waals surface area contributed by atoms with Gasteiger partial charge in [-0.15, -0.1) is 0 Å². The topological polar surface area (TPSA) is 53.1 Å². The van der Waals surface area contributed by atoms with E-state index in [0.717, 1.165) is 40.3 Å². The van der Waals surface area contributed by atoms with Gasteiger partial charge >= 0.3 is 0 Å². The van der Waals surface area contributed by atoms with Gasteiger partial charge in [0.25, 0.3) is 0 Å². The van der Waals surface area contributed by atoms with Gasteiger partial charge in [0.1, 0.15) is 11.6 Å². The smallest absolute Gasteiger partial charge is 0.128 e. The Balaban J connectivity index is 2.19. The molecule has 0 amide bonds. The van der Waals surface area contributed by atoms with Crippen LogP contribution in [0.3, 0.4) is 0 Å². The van der Waals surface area contributed by atoms with Gasteiger partial charge in [-0.2, -0.15) is 0 Å². The summed E-state index contributed by atoms with van der Waals surface area (Å²) in [5.41, 5.74) is 9.18. The highest BCUT2D eigenvalue weighted by Crippen LogP contribution is 2.36. The molecule has 20 heavy (non-hydrogen) atoms. The molecule has 2 heterocycles. The first kappa shape index (κ1) is 13.6. The van der Waals surface area contributed by atoms with Gasteiger partial charge in [0.15, 0.2) is 0 Å². The van der Waals surface area contributed by atoms with E-state index in [4.69, 9.17) is 15.5 Å². The molecule has 3 rings (SSSR count). The van der Waals surface area contributed by atoms with Crippen LogP contribution >= 0.6 is 15.9 Å². The molecular formula is C15H18BrN3O. The summed E-state index contributed by atoms with van der Waals surface area (Å²) >= 11 is 3.53. The number of aromatic nitrogens is 2. The van der Waals surface area contributed by atoms with Crippen molar-refractivity contribution in [2.45, 2.75) is 32.4 Å². The van der Waals surface area contributed by atoms with Crippen LogP contribution in [0.5, 0.6) is 5.75 Å². The number of fused-ring (bicyclic) bond motifs is 1. The third kappa shape index (κ3) is 2.25. The lowest BCUT2D eigenvalue weighted by atomic mass is 10.0. The molecule has 0 atom stereocenters. The van der Waals surface area contributed by atoms with Gasteiger partial charge < -0.3 is 15.0 Å². The Kier molecular flexibility index (Phi) is 3.81. The van der Waals surface area contributed by atoms with Crippen LogP contribution in [0.25, 0.3) is 11.3 Å². The number of methoxy groups -OCH3 is 1. The fourth-order valence-corrected chi connectivity index (χ4v) is 3.22. The van der Waals surface area contributed by atoms with Gasteiger partial charge in [-0.25, -0.2) is 4.98 Å². The molecule has 0 unspecified atom stereocenters. The first-order valence-electron chi connectivity index (χ1n) is 6.87. The zero-order chi connectivity index (χ0) is 14.1. The van der Waals surface area contributed by atoms with Crippen molar-refractivity contribution >= 4 is 15.9 Å². The summed E-state index contributed by atoms with van der Waals surface area (Å²) in [5, 5.41) is 0. The van der Waals surface area contributed by atoms with Crippen LogP contribution in [-0.2, 0) is 19.5 Å². The van der Waals surface area contributed by atoms with Crippen LogP contribution in [-0.4, -0.2) is 16.7 Å². The molecular weight excluding hydrogens is 318 g/mol. The maximum absolute atomic E-state index is 5.84. The van der Waals surface area contributed by atoms with E-state index in [9.17, 15) is 0 Å². The number of ether oxygens (including phenoxy) is 1. The van der Waals surface area contributed by atoms with Crippen molar-refractivity contribution in [2.75, 3.05) is 7.11 Å². The van der Waals surface area contributed by atoms with Crippen LogP contribution in [0.4, 0.5) is 0 Å². The highest BCUT2D eigenvalue weighted by Gasteiger charge is 2.22. The highest BCUT2D eigenvalue weighted by molar-refractivity contribution is 9.10. The van der Waals surface area contributed by atoms with Crippen molar-refractivity contribution in [1.82, 2.24) is 9.55 Å². The summed E-state index contributed by atoms with van der Waals surface area (Å²) in [7, 11) is 1.69. The number of imidazole rings is 1. The van der Waals surface area contributed by atoms with Crippen molar-refractivity contribution < 1.29 is 4.74 Å². The fourth-order valence-electron chi connectivity index (χ4n) is 2.85. The van der Waals surface area contributed by atoms with Crippen LogP contribution < -0.4 is 10.5 Å². The lowest BCUT2D eigenvalue weighted by Gasteiger charge is -2.17. The molecule has 5 heteroatoms. The third-order valence-electron chi connectivity index (χ3n) is 3.80. The van der Waals surface area contributed by atoms with Crippen LogP contribution in [0.1, 0.15) is 24.4 Å². The molecule has 0 saturated carbocycles. The second-order valence-corrected chi connectivity index (χ2v) is 5.90. The Bertz CT molecular complexity index is 636. The molecule has 2 aromatic rings. The minimum atomic E-state index is 0.476. The molecule has 1 aliphatic heterocycles. The molecule has 0 aliphatic carbocycles. The minimum absolute atomic E-state index is 0.476. The van der Waals surface area contributed by atoms with Gasteiger partial charge in [-0.05, 0) is 37.5 Å². The maximum atomic E-state index is 5.84. The average molecular weight is 336 g/mol. The summed E-state index contributed by atoms with van der Waals surface area (Å²) < 4.78 is 8.79. The Morgan fingerprint density at radius 2 is 2.25 bits per heavy atom. The monoisotopic (exact) mass is 335 g/mol. The van der Waals surface area contributed by atoms with E-state index in [1.807, 2.05) is 12.1 Å². The van der Waals surface area contributed by atoms with Gasteiger partial charge in [-0.1, -0.05) is 15.9 Å². The Morgan fingerprint density at radius 1 is 1.40 bits per heavy atom. The SMILES string of the molecule is COc1ccc(Br)cc1-c1nc(CN)n2c1CCCC2. The van der Waals surface area contributed by atoms with E-state index in [-0.39, 0.29) is 0 Å². The number of halogens is 1. The molecule has 0 bridgehead atoms. The third-order valence-corrected chi connectivity index (χ3v) is 4.29. The van der Waals surface area contributed by atoms with Crippen molar-refractivity contribution in [1.29, 1.82) is 0 Å². The standard InChI is InChI=1S/C15H18BrN3O/c1-20-13-6-5-10(16)8-11(13)15-12-4-2-3-7-19(12)14(9-17)18-15/h5-6,8H,2-4,7,9,17H2,1H3. The van der Waals surface area contributed by atoms with E-state index in [2.05, 4.69) is 26.6 Å². The number of rotatable bonds is 3. The van der Waals surface area contributed by atoms with Crippen molar-refractivity contribution in [3.8, 4) is 17.0 Å². The van der Waals surface area contributed by atoms with Crippen LogP contribution in [0.15, 0.2) is 22.7 Å². The lowest BCUT2D eigenvalue weighted by molar-refractivity contribution is 0.416. The molecule has 1 aliphatic rings. The number of nitrogens with zero attached hydrogens (tertiary/aromatic N) is 2. The van der Waals surface area contributed by atoms with Crippen molar-refractivity contribution in [3.05, 3.63) is 34.2 Å². The minimum Gasteiger partial charge on any atom is -0.496 e. The second kappa shape index (κ2) is 5.58. The predicted molar refractivity (Wildman–Crippen MR) is 82.7 cm³/mol. The molecule has 0 fully saturated rings. The Hall–Kier alpha value is -1.33. The van der Waals surface area contributed by atoms with E-state index >= 15 is 0 Å². The van der Waals surface area contributed by atoms with E-state index in [0.29, 0.717) is 6.54 Å². The fraction of sp³-hybridized carbons (Fsp3) is 0.400. The Morgan fingerprint density at radius 3 is 3.00 bits per heavy atom. The number of benzene rings is 1. The summed E-state index contributed by atoms with van der Waals surface area (Å²) in [6.45, 7) is 1.49. The molecule has 2 N–H and O–H groups in total. The largest absolute Gasteiger partial charge is 0.496 e. The molecule has 106 valence electrons. The highest BCUT2D eigenvalue weighted by atomic mass is 79.9. The van der Waals surface area contributed by atoms with Crippen molar-refractivity contribution in [3.63, 3.8) is 0 Å². The number of hydrogen-bond donors (Lipinski definition) is 1. The first-order valence-corrected chi connectivity index (χ1v) is 7.66. The number of hydrogen-bond acceptors (Lipinski definition) is 3. The second-order valence-electron chi connectivity index (χ2n) is 4.98. The maximum Gasteiger partial charge on any atom is 0.128 e. The zero-order valence-electron chi connectivity index (χ0n) is 11.5.